The molecule has 1 aromatic carbocycles. The number of rotatable bonds is 3. The summed E-state index contributed by atoms with van der Waals surface area (Å²) in [4.78, 5) is 14.6. The molecule has 7 nitrogen and oxygen atoms in total. The van der Waals surface area contributed by atoms with Crippen molar-refractivity contribution in [1.82, 2.24) is 19.8 Å². The number of hydrogen-bond acceptors (Lipinski definition) is 6. The van der Waals surface area contributed by atoms with Crippen LogP contribution in [0.25, 0.3) is 6.08 Å². The van der Waals surface area contributed by atoms with Crippen molar-refractivity contribution in [3.8, 4) is 5.75 Å². The van der Waals surface area contributed by atoms with Crippen molar-refractivity contribution in [1.29, 1.82) is 0 Å². The van der Waals surface area contributed by atoms with E-state index in [1.165, 1.54) is 29.1 Å². The molecule has 8 heteroatoms. The first-order valence-corrected chi connectivity index (χ1v) is 7.43. The number of phenols is 1. The van der Waals surface area contributed by atoms with E-state index < -0.39 is 0 Å². The fourth-order valence-corrected chi connectivity index (χ4v) is 2.98. The zero-order valence-corrected chi connectivity index (χ0v) is 12.6. The van der Waals surface area contributed by atoms with Crippen LogP contribution < -0.4 is 0 Å². The van der Waals surface area contributed by atoms with Crippen molar-refractivity contribution in [3.05, 3.63) is 47.4 Å². The highest BCUT2D eigenvalue weighted by molar-refractivity contribution is 8.18. The van der Waals surface area contributed by atoms with E-state index in [1.807, 2.05) is 6.92 Å². The van der Waals surface area contributed by atoms with E-state index in [2.05, 4.69) is 15.3 Å². The number of aromatic hydroxyl groups is 1. The first-order chi connectivity index (χ1) is 10.7. The number of likely N-dealkylation sites (N-methyl/N-ethyl adjacent to an activating group) is 1. The van der Waals surface area contributed by atoms with Gasteiger partial charge in [-0.3, -0.25) is 9.69 Å². The van der Waals surface area contributed by atoms with Crippen LogP contribution in [0.2, 0.25) is 0 Å². The summed E-state index contributed by atoms with van der Waals surface area (Å²) in [5.74, 6) is 0.102. The number of amides is 1. The Bertz CT molecular complexity index is 737. The normalized spacial score (nSPS) is 18.6. The maximum absolute atomic E-state index is 12.4. The number of thioether (sulfide) groups is 1. The van der Waals surface area contributed by atoms with Gasteiger partial charge in [-0.15, -0.1) is 15.3 Å². The van der Waals surface area contributed by atoms with Crippen molar-refractivity contribution in [3.63, 3.8) is 0 Å². The first kappa shape index (κ1) is 14.3. The Labute approximate surface area is 131 Å². The van der Waals surface area contributed by atoms with Gasteiger partial charge in [0.2, 0.25) is 0 Å². The molecule has 2 aromatic rings. The Morgan fingerprint density at radius 1 is 1.27 bits per heavy atom. The predicted octanol–water partition coefficient (Wildman–Crippen LogP) is 1.74. The number of aromatic nitrogens is 3. The molecule has 0 bridgehead atoms. The van der Waals surface area contributed by atoms with Crippen LogP contribution in [0.3, 0.4) is 0 Å². The minimum atomic E-state index is -0.0904. The summed E-state index contributed by atoms with van der Waals surface area (Å²) < 4.78 is 1.46. The Hall–Kier alpha value is -2.61. The standard InChI is InChI=1S/C14H13N5O2S/c1-2-19-13(21)12(7-10-3-5-11(20)6-4-10)22-14(19)17-18-8-15-16-9-18/h3-9,20H,2H2,1H3/b12-7-,17-14+. The summed E-state index contributed by atoms with van der Waals surface area (Å²) in [6.45, 7) is 2.42. The molecule has 0 atom stereocenters. The van der Waals surface area contributed by atoms with Gasteiger partial charge < -0.3 is 5.11 Å². The molecule has 22 heavy (non-hydrogen) atoms. The van der Waals surface area contributed by atoms with Crippen LogP contribution in [0.1, 0.15) is 12.5 Å². The lowest BCUT2D eigenvalue weighted by Gasteiger charge is -2.11. The summed E-state index contributed by atoms with van der Waals surface area (Å²) in [5.41, 5.74) is 0.843. The molecular weight excluding hydrogens is 302 g/mol. The zero-order chi connectivity index (χ0) is 15.5. The largest absolute Gasteiger partial charge is 0.508 e. The quantitative estimate of drug-likeness (QED) is 0.872. The van der Waals surface area contributed by atoms with E-state index in [1.54, 1.807) is 35.2 Å². The summed E-state index contributed by atoms with van der Waals surface area (Å²) in [6.07, 6.45) is 4.71. The molecule has 0 saturated carbocycles. The molecule has 1 aliphatic rings. The van der Waals surface area contributed by atoms with Crippen LogP contribution in [0.15, 0.2) is 46.9 Å². The minimum absolute atomic E-state index is 0.0904. The molecule has 112 valence electrons. The number of carbonyl (C=O) groups is 1. The van der Waals surface area contributed by atoms with E-state index in [0.29, 0.717) is 16.6 Å². The first-order valence-electron chi connectivity index (χ1n) is 6.61. The van der Waals surface area contributed by atoms with Crippen LogP contribution in [0, 0.1) is 0 Å². The number of benzene rings is 1. The lowest BCUT2D eigenvalue weighted by Crippen LogP contribution is -2.29. The third kappa shape index (κ3) is 2.86. The van der Waals surface area contributed by atoms with Gasteiger partial charge in [0.25, 0.3) is 5.91 Å². The van der Waals surface area contributed by atoms with E-state index >= 15 is 0 Å². The van der Waals surface area contributed by atoms with Gasteiger partial charge in [0, 0.05) is 6.54 Å². The average molecular weight is 315 g/mol. The molecule has 0 radical (unpaired) electrons. The predicted molar refractivity (Wildman–Crippen MR) is 83.9 cm³/mol. The van der Waals surface area contributed by atoms with Gasteiger partial charge in [-0.2, -0.15) is 0 Å². The summed E-state index contributed by atoms with van der Waals surface area (Å²) in [6, 6.07) is 6.67. The third-order valence-corrected chi connectivity index (χ3v) is 4.00. The van der Waals surface area contributed by atoms with Crippen molar-refractivity contribution < 1.29 is 9.90 Å². The molecule has 1 amide bonds. The van der Waals surface area contributed by atoms with E-state index in [4.69, 9.17) is 0 Å². The number of hydrogen-bond donors (Lipinski definition) is 1. The SMILES string of the molecule is CCN1C(=O)/C(=C/c2ccc(O)cc2)S/C1=N/n1cnnc1. The molecule has 2 heterocycles. The second kappa shape index (κ2) is 6.02. The van der Waals surface area contributed by atoms with E-state index in [0.717, 1.165) is 5.56 Å². The summed E-state index contributed by atoms with van der Waals surface area (Å²) >= 11 is 1.30. The topological polar surface area (TPSA) is 83.6 Å². The Kier molecular flexibility index (Phi) is 3.92. The highest BCUT2D eigenvalue weighted by atomic mass is 32.2. The fraction of sp³-hybridized carbons (Fsp3) is 0.143. The lowest BCUT2D eigenvalue weighted by molar-refractivity contribution is -0.122. The highest BCUT2D eigenvalue weighted by Crippen LogP contribution is 2.32. The molecule has 1 N–H and O–H groups in total. The zero-order valence-electron chi connectivity index (χ0n) is 11.7. The maximum Gasteiger partial charge on any atom is 0.266 e. The Morgan fingerprint density at radius 3 is 2.59 bits per heavy atom. The molecule has 0 aliphatic carbocycles. The number of phenolic OH excluding ortho intramolecular Hbond substituents is 1. The van der Waals surface area contributed by atoms with Crippen LogP contribution >= 0.6 is 11.8 Å². The third-order valence-electron chi connectivity index (χ3n) is 3.00. The molecule has 0 spiro atoms. The van der Waals surface area contributed by atoms with Crippen molar-refractivity contribution >= 4 is 28.9 Å². The maximum atomic E-state index is 12.4. The summed E-state index contributed by atoms with van der Waals surface area (Å²) in [5, 5.41) is 21.6. The smallest absolute Gasteiger partial charge is 0.266 e. The number of nitrogens with zero attached hydrogens (tertiary/aromatic N) is 5. The van der Waals surface area contributed by atoms with Gasteiger partial charge >= 0.3 is 0 Å². The second-order valence-electron chi connectivity index (χ2n) is 4.48. The molecule has 3 rings (SSSR count). The number of carbonyl (C=O) groups excluding carboxylic acids is 1. The highest BCUT2D eigenvalue weighted by Gasteiger charge is 2.32. The van der Waals surface area contributed by atoms with Gasteiger partial charge in [0.15, 0.2) is 5.17 Å². The van der Waals surface area contributed by atoms with Gasteiger partial charge in [0.05, 0.1) is 4.91 Å². The Morgan fingerprint density at radius 2 is 1.95 bits per heavy atom. The Balaban J connectivity index is 1.91. The lowest BCUT2D eigenvalue weighted by atomic mass is 10.2. The molecular formula is C14H13N5O2S. The van der Waals surface area contributed by atoms with Crippen LogP contribution in [-0.4, -0.2) is 42.5 Å². The van der Waals surface area contributed by atoms with Gasteiger partial charge in [-0.25, -0.2) is 4.68 Å². The average Bonchev–Trinajstić information content (AvgIpc) is 3.11. The van der Waals surface area contributed by atoms with Gasteiger partial charge in [-0.05, 0) is 42.5 Å². The van der Waals surface area contributed by atoms with Crippen molar-refractivity contribution in [2.75, 3.05) is 6.54 Å². The molecule has 0 unspecified atom stereocenters. The van der Waals surface area contributed by atoms with Crippen LogP contribution in [0.4, 0.5) is 0 Å². The minimum Gasteiger partial charge on any atom is -0.508 e. The molecule has 1 saturated heterocycles. The van der Waals surface area contributed by atoms with Gasteiger partial charge in [0.1, 0.15) is 18.4 Å². The number of amidine groups is 1. The monoisotopic (exact) mass is 315 g/mol. The van der Waals surface area contributed by atoms with Crippen molar-refractivity contribution in [2.24, 2.45) is 5.10 Å². The molecule has 1 aromatic heterocycles. The van der Waals surface area contributed by atoms with Crippen molar-refractivity contribution in [2.45, 2.75) is 6.92 Å². The fourth-order valence-electron chi connectivity index (χ4n) is 1.93. The van der Waals surface area contributed by atoms with Gasteiger partial charge in [-0.1, -0.05) is 12.1 Å². The van der Waals surface area contributed by atoms with E-state index in [-0.39, 0.29) is 11.7 Å². The summed E-state index contributed by atoms with van der Waals surface area (Å²) in [7, 11) is 0. The van der Waals surface area contributed by atoms with E-state index in [9.17, 15) is 9.90 Å². The second-order valence-corrected chi connectivity index (χ2v) is 5.49. The molecule has 1 fully saturated rings. The van der Waals surface area contributed by atoms with Crippen LogP contribution in [0.5, 0.6) is 5.75 Å². The van der Waals surface area contributed by atoms with Crippen LogP contribution in [-0.2, 0) is 4.79 Å². The molecule has 1 aliphatic heterocycles.